The molecule has 0 spiro atoms. The molecule has 0 bridgehead atoms. The Morgan fingerprint density at radius 1 is 1.23 bits per heavy atom. The highest BCUT2D eigenvalue weighted by Gasteiger charge is 2.34. The van der Waals surface area contributed by atoms with Gasteiger partial charge in [0.1, 0.15) is 5.82 Å². The number of halogens is 4. The summed E-state index contributed by atoms with van der Waals surface area (Å²) in [5.41, 5.74) is -1.37. The molecule has 1 aromatic carbocycles. The van der Waals surface area contributed by atoms with Crippen molar-refractivity contribution in [1.29, 1.82) is 0 Å². The second-order valence-electron chi connectivity index (χ2n) is 2.23. The molecule has 13 heavy (non-hydrogen) atoms. The standard InChI is InChI=1S/C7H4F4OS/c8-6-2-1-4(13-12)3-5(6)7(9,10)11/h1-3,12H. The van der Waals surface area contributed by atoms with Crippen LogP contribution < -0.4 is 0 Å². The first-order valence-corrected chi connectivity index (χ1v) is 3.90. The minimum atomic E-state index is -4.73. The van der Waals surface area contributed by atoms with E-state index in [9.17, 15) is 17.6 Å². The summed E-state index contributed by atoms with van der Waals surface area (Å²) in [6, 6.07) is 2.29. The predicted molar refractivity (Wildman–Crippen MR) is 39.9 cm³/mol. The van der Waals surface area contributed by atoms with E-state index in [0.717, 1.165) is 6.07 Å². The van der Waals surface area contributed by atoms with Gasteiger partial charge >= 0.3 is 6.18 Å². The third kappa shape index (κ3) is 2.35. The van der Waals surface area contributed by atoms with E-state index in [-0.39, 0.29) is 16.9 Å². The van der Waals surface area contributed by atoms with E-state index >= 15 is 0 Å². The average Bonchev–Trinajstić information content (AvgIpc) is 2.03. The highest BCUT2D eigenvalue weighted by Crippen LogP contribution is 2.33. The van der Waals surface area contributed by atoms with Crippen molar-refractivity contribution < 1.29 is 22.1 Å². The van der Waals surface area contributed by atoms with Crippen LogP contribution in [0, 0.1) is 5.82 Å². The zero-order valence-electron chi connectivity index (χ0n) is 6.10. The van der Waals surface area contributed by atoms with E-state index in [1.54, 1.807) is 0 Å². The van der Waals surface area contributed by atoms with Crippen LogP contribution in [0.1, 0.15) is 5.56 Å². The maximum atomic E-state index is 12.6. The van der Waals surface area contributed by atoms with Gasteiger partial charge in [0.25, 0.3) is 0 Å². The number of alkyl halides is 3. The molecule has 0 saturated heterocycles. The molecule has 0 aliphatic heterocycles. The van der Waals surface area contributed by atoms with Gasteiger partial charge in [-0.2, -0.15) is 13.2 Å². The Hall–Kier alpha value is -0.750. The zero-order valence-corrected chi connectivity index (χ0v) is 6.92. The van der Waals surface area contributed by atoms with Crippen LogP contribution >= 0.6 is 12.0 Å². The maximum absolute atomic E-state index is 12.6. The molecule has 0 saturated carbocycles. The normalized spacial score (nSPS) is 11.8. The molecule has 0 aliphatic carbocycles. The van der Waals surface area contributed by atoms with Crippen LogP contribution in [0.5, 0.6) is 0 Å². The van der Waals surface area contributed by atoms with E-state index in [4.69, 9.17) is 4.55 Å². The summed E-state index contributed by atoms with van der Waals surface area (Å²) in [6.45, 7) is 0. The smallest absolute Gasteiger partial charge is 0.325 e. The molecule has 0 aliphatic rings. The molecule has 72 valence electrons. The van der Waals surface area contributed by atoms with Gasteiger partial charge in [-0.05, 0) is 18.2 Å². The van der Waals surface area contributed by atoms with E-state index in [1.807, 2.05) is 0 Å². The Kier molecular flexibility index (Phi) is 2.82. The van der Waals surface area contributed by atoms with Gasteiger partial charge in [0.15, 0.2) is 0 Å². The van der Waals surface area contributed by atoms with Crippen molar-refractivity contribution in [3.05, 3.63) is 29.6 Å². The van der Waals surface area contributed by atoms with Gasteiger partial charge in [-0.25, -0.2) is 4.39 Å². The van der Waals surface area contributed by atoms with E-state index in [2.05, 4.69) is 0 Å². The van der Waals surface area contributed by atoms with Crippen LogP contribution in [0.15, 0.2) is 23.1 Å². The third-order valence-electron chi connectivity index (χ3n) is 1.35. The Balaban J connectivity index is 3.19. The van der Waals surface area contributed by atoms with Crippen LogP contribution in [0.25, 0.3) is 0 Å². The minimum absolute atomic E-state index is 0.0475. The van der Waals surface area contributed by atoms with Crippen LogP contribution in [0.2, 0.25) is 0 Å². The largest absolute Gasteiger partial charge is 0.419 e. The first kappa shape index (κ1) is 10.3. The van der Waals surface area contributed by atoms with Gasteiger partial charge in [-0.1, -0.05) is 0 Å². The molecule has 1 N–H and O–H groups in total. The topological polar surface area (TPSA) is 20.2 Å². The molecule has 0 heterocycles. The molecule has 6 heteroatoms. The second-order valence-corrected chi connectivity index (χ2v) is 2.88. The fourth-order valence-electron chi connectivity index (χ4n) is 0.778. The summed E-state index contributed by atoms with van der Waals surface area (Å²) >= 11 is 0.141. The van der Waals surface area contributed by atoms with E-state index < -0.39 is 17.6 Å². The number of rotatable bonds is 1. The second kappa shape index (κ2) is 3.55. The summed E-state index contributed by atoms with van der Waals surface area (Å²) < 4.78 is 57.1. The fourth-order valence-corrected chi connectivity index (χ4v) is 1.08. The van der Waals surface area contributed by atoms with Crippen molar-refractivity contribution in [3.8, 4) is 0 Å². The van der Waals surface area contributed by atoms with Crippen molar-refractivity contribution in [2.24, 2.45) is 0 Å². The molecular weight excluding hydrogens is 208 g/mol. The van der Waals surface area contributed by atoms with Gasteiger partial charge in [0, 0.05) is 16.9 Å². The van der Waals surface area contributed by atoms with Gasteiger partial charge in [-0.15, -0.1) is 0 Å². The lowest BCUT2D eigenvalue weighted by Gasteiger charge is -2.08. The quantitative estimate of drug-likeness (QED) is 0.568. The van der Waals surface area contributed by atoms with Gasteiger partial charge < -0.3 is 4.55 Å². The lowest BCUT2D eigenvalue weighted by Crippen LogP contribution is -2.07. The molecule has 0 unspecified atom stereocenters. The molecule has 1 rings (SSSR count). The number of hydrogen-bond acceptors (Lipinski definition) is 2. The summed E-state index contributed by atoms with van der Waals surface area (Å²) in [7, 11) is 0. The molecular formula is C7H4F4OS. The van der Waals surface area contributed by atoms with Gasteiger partial charge in [0.05, 0.1) is 5.56 Å². The van der Waals surface area contributed by atoms with Crippen molar-refractivity contribution in [3.63, 3.8) is 0 Å². The highest BCUT2D eigenvalue weighted by atomic mass is 32.2. The SMILES string of the molecule is OSc1ccc(F)c(C(F)(F)F)c1. The van der Waals surface area contributed by atoms with Crippen molar-refractivity contribution in [2.45, 2.75) is 11.1 Å². The molecule has 0 atom stereocenters. The number of hydrogen-bond donors (Lipinski definition) is 1. The Morgan fingerprint density at radius 2 is 1.85 bits per heavy atom. The molecule has 0 radical (unpaired) electrons. The highest BCUT2D eigenvalue weighted by molar-refractivity contribution is 7.93. The van der Waals surface area contributed by atoms with Crippen LogP contribution in [0.4, 0.5) is 17.6 Å². The van der Waals surface area contributed by atoms with Crippen LogP contribution in [0.3, 0.4) is 0 Å². The molecule has 0 aromatic heterocycles. The number of benzene rings is 1. The minimum Gasteiger partial charge on any atom is -0.325 e. The molecule has 0 fully saturated rings. The lowest BCUT2D eigenvalue weighted by atomic mass is 10.2. The molecule has 1 nitrogen and oxygen atoms in total. The Bertz CT molecular complexity index is 310. The maximum Gasteiger partial charge on any atom is 0.419 e. The summed E-state index contributed by atoms with van der Waals surface area (Å²) in [6.07, 6.45) is -4.73. The predicted octanol–water partition coefficient (Wildman–Crippen LogP) is 3.41. The third-order valence-corrected chi connectivity index (χ3v) is 1.81. The summed E-state index contributed by atoms with van der Waals surface area (Å²) in [5.74, 6) is -1.34. The average molecular weight is 212 g/mol. The monoisotopic (exact) mass is 212 g/mol. The molecule has 0 amide bonds. The van der Waals surface area contributed by atoms with E-state index in [1.165, 1.54) is 0 Å². The first-order valence-electron chi connectivity index (χ1n) is 3.13. The zero-order chi connectivity index (χ0) is 10.1. The summed E-state index contributed by atoms with van der Waals surface area (Å²) in [4.78, 5) is -0.0475. The van der Waals surface area contributed by atoms with E-state index in [0.29, 0.717) is 12.1 Å². The van der Waals surface area contributed by atoms with Crippen molar-refractivity contribution in [1.82, 2.24) is 0 Å². The van der Waals surface area contributed by atoms with Gasteiger partial charge in [-0.3, -0.25) is 0 Å². The molecule has 1 aromatic rings. The van der Waals surface area contributed by atoms with Crippen LogP contribution in [-0.2, 0) is 6.18 Å². The first-order chi connectivity index (χ1) is 5.95. The Morgan fingerprint density at radius 3 is 2.31 bits per heavy atom. The lowest BCUT2D eigenvalue weighted by molar-refractivity contribution is -0.140. The van der Waals surface area contributed by atoms with Gasteiger partial charge in [0.2, 0.25) is 0 Å². The van der Waals surface area contributed by atoms with Crippen molar-refractivity contribution >= 4 is 12.0 Å². The Labute approximate surface area is 75.6 Å². The van der Waals surface area contributed by atoms with Crippen LogP contribution in [-0.4, -0.2) is 4.55 Å². The fraction of sp³-hybridized carbons (Fsp3) is 0.143. The van der Waals surface area contributed by atoms with Crippen molar-refractivity contribution in [2.75, 3.05) is 0 Å². The summed E-state index contributed by atoms with van der Waals surface area (Å²) in [5, 5.41) is 0.